The van der Waals surface area contributed by atoms with E-state index < -0.39 is 0 Å². The molecular weight excluding hydrogens is 342 g/mol. The number of amides is 3. The second-order valence-corrected chi connectivity index (χ2v) is 6.64. The van der Waals surface area contributed by atoms with Gasteiger partial charge in [-0.3, -0.25) is 14.4 Å². The molecule has 0 unspecified atom stereocenters. The van der Waals surface area contributed by atoms with E-state index in [0.717, 1.165) is 16.7 Å². The number of nitrogens with one attached hydrogen (secondary N) is 2. The average Bonchev–Trinajstić information content (AvgIpc) is 2.60. The number of carbonyl (C=O) groups is 3. The van der Waals surface area contributed by atoms with E-state index in [-0.39, 0.29) is 24.3 Å². The van der Waals surface area contributed by atoms with E-state index in [1.165, 1.54) is 6.92 Å². The SMILES string of the molecule is CC(=O)N(C)Cc1ccccc1NC(=O)CNC(=O)c1cc(C)cc(C)c1. The summed E-state index contributed by atoms with van der Waals surface area (Å²) in [5, 5.41) is 5.43. The van der Waals surface area contributed by atoms with Crippen molar-refractivity contribution in [3.63, 3.8) is 0 Å². The molecule has 0 heterocycles. The average molecular weight is 367 g/mol. The van der Waals surface area contributed by atoms with Crippen LogP contribution in [0.15, 0.2) is 42.5 Å². The van der Waals surface area contributed by atoms with Crippen molar-refractivity contribution in [2.45, 2.75) is 27.3 Å². The molecule has 6 heteroatoms. The maximum absolute atomic E-state index is 12.3. The lowest BCUT2D eigenvalue weighted by atomic mass is 10.1. The molecule has 27 heavy (non-hydrogen) atoms. The molecule has 2 aromatic rings. The number of aryl methyl sites for hydroxylation is 2. The first kappa shape index (κ1) is 20.2. The lowest BCUT2D eigenvalue weighted by molar-refractivity contribution is -0.128. The van der Waals surface area contributed by atoms with Gasteiger partial charge in [0.2, 0.25) is 11.8 Å². The first-order chi connectivity index (χ1) is 12.8. The fraction of sp³-hybridized carbons (Fsp3) is 0.286. The van der Waals surface area contributed by atoms with Gasteiger partial charge in [0.15, 0.2) is 0 Å². The lowest BCUT2D eigenvalue weighted by Crippen LogP contribution is -2.33. The zero-order valence-corrected chi connectivity index (χ0v) is 16.1. The number of para-hydroxylation sites is 1. The maximum atomic E-state index is 12.3. The van der Waals surface area contributed by atoms with Crippen molar-refractivity contribution >= 4 is 23.4 Å². The zero-order chi connectivity index (χ0) is 20.0. The Labute approximate surface area is 159 Å². The fourth-order valence-corrected chi connectivity index (χ4v) is 2.71. The van der Waals surface area contributed by atoms with Crippen LogP contribution >= 0.6 is 0 Å². The molecule has 0 bridgehead atoms. The van der Waals surface area contributed by atoms with Crippen molar-refractivity contribution in [2.75, 3.05) is 18.9 Å². The Morgan fingerprint density at radius 2 is 1.63 bits per heavy atom. The van der Waals surface area contributed by atoms with E-state index in [4.69, 9.17) is 0 Å². The van der Waals surface area contributed by atoms with E-state index in [1.807, 2.05) is 32.0 Å². The summed E-state index contributed by atoms with van der Waals surface area (Å²) in [6.45, 7) is 5.59. The molecule has 0 atom stereocenters. The van der Waals surface area contributed by atoms with Gasteiger partial charge in [0, 0.05) is 31.8 Å². The second-order valence-electron chi connectivity index (χ2n) is 6.64. The molecule has 6 nitrogen and oxygen atoms in total. The number of hydrogen-bond acceptors (Lipinski definition) is 3. The Balaban J connectivity index is 1.98. The van der Waals surface area contributed by atoms with Gasteiger partial charge in [-0.1, -0.05) is 35.4 Å². The zero-order valence-electron chi connectivity index (χ0n) is 16.1. The highest BCUT2D eigenvalue weighted by atomic mass is 16.2. The van der Waals surface area contributed by atoms with Crippen LogP contribution in [0.1, 0.15) is 34.0 Å². The third-order valence-corrected chi connectivity index (χ3v) is 4.13. The number of anilines is 1. The number of hydrogen-bond donors (Lipinski definition) is 2. The molecule has 0 aromatic heterocycles. The van der Waals surface area contributed by atoms with Crippen LogP contribution in [0, 0.1) is 13.8 Å². The topological polar surface area (TPSA) is 78.5 Å². The lowest BCUT2D eigenvalue weighted by Gasteiger charge is -2.18. The third kappa shape index (κ3) is 5.95. The van der Waals surface area contributed by atoms with Crippen molar-refractivity contribution in [2.24, 2.45) is 0 Å². The maximum Gasteiger partial charge on any atom is 0.251 e. The molecule has 0 aliphatic carbocycles. The largest absolute Gasteiger partial charge is 0.343 e. The van der Waals surface area contributed by atoms with Gasteiger partial charge in [0.1, 0.15) is 0 Å². The Kier molecular flexibility index (Phi) is 6.71. The number of nitrogens with zero attached hydrogens (tertiary/aromatic N) is 1. The Morgan fingerprint density at radius 1 is 1.00 bits per heavy atom. The van der Waals surface area contributed by atoms with Crippen LogP contribution in [0.25, 0.3) is 0 Å². The minimum absolute atomic E-state index is 0.0585. The number of rotatable bonds is 6. The van der Waals surface area contributed by atoms with Gasteiger partial charge < -0.3 is 15.5 Å². The van der Waals surface area contributed by atoms with Gasteiger partial charge in [0.25, 0.3) is 5.91 Å². The summed E-state index contributed by atoms with van der Waals surface area (Å²) in [5.41, 5.74) is 3.96. The summed E-state index contributed by atoms with van der Waals surface area (Å²) < 4.78 is 0. The van der Waals surface area contributed by atoms with E-state index in [9.17, 15) is 14.4 Å². The molecule has 0 fully saturated rings. The van der Waals surface area contributed by atoms with Crippen molar-refractivity contribution in [3.05, 3.63) is 64.7 Å². The first-order valence-corrected chi connectivity index (χ1v) is 8.72. The monoisotopic (exact) mass is 367 g/mol. The van der Waals surface area contributed by atoms with Crippen molar-refractivity contribution in [1.29, 1.82) is 0 Å². The van der Waals surface area contributed by atoms with Crippen LogP contribution < -0.4 is 10.6 Å². The standard InChI is InChI=1S/C21H25N3O3/c1-14-9-15(2)11-18(10-14)21(27)22-12-20(26)23-19-8-6-5-7-17(19)13-24(4)16(3)25/h5-11H,12-13H2,1-4H3,(H,22,27)(H,23,26). The van der Waals surface area contributed by atoms with Crippen LogP contribution in [-0.2, 0) is 16.1 Å². The molecule has 0 aliphatic heterocycles. The van der Waals surface area contributed by atoms with E-state index in [2.05, 4.69) is 10.6 Å². The van der Waals surface area contributed by atoms with E-state index in [0.29, 0.717) is 17.8 Å². The molecule has 3 amide bonds. The molecule has 0 aliphatic rings. The fourth-order valence-electron chi connectivity index (χ4n) is 2.71. The summed E-state index contributed by atoms with van der Waals surface area (Å²) in [7, 11) is 1.70. The van der Waals surface area contributed by atoms with Gasteiger partial charge in [-0.15, -0.1) is 0 Å². The highest BCUT2D eigenvalue weighted by Crippen LogP contribution is 2.16. The summed E-state index contributed by atoms with van der Waals surface area (Å²) in [4.78, 5) is 37.5. The molecule has 0 spiro atoms. The van der Waals surface area contributed by atoms with E-state index >= 15 is 0 Å². The molecule has 2 aromatic carbocycles. The Morgan fingerprint density at radius 3 is 2.26 bits per heavy atom. The molecule has 2 N–H and O–H groups in total. The predicted molar refractivity (Wildman–Crippen MR) is 105 cm³/mol. The van der Waals surface area contributed by atoms with Crippen LogP contribution in [0.5, 0.6) is 0 Å². The normalized spacial score (nSPS) is 10.2. The van der Waals surface area contributed by atoms with Crippen molar-refractivity contribution < 1.29 is 14.4 Å². The predicted octanol–water partition coefficient (Wildman–Crippen LogP) is 2.65. The molecule has 2 rings (SSSR count). The highest BCUT2D eigenvalue weighted by Gasteiger charge is 2.12. The van der Waals surface area contributed by atoms with Gasteiger partial charge in [-0.25, -0.2) is 0 Å². The number of carbonyl (C=O) groups excluding carboxylic acids is 3. The van der Waals surface area contributed by atoms with Gasteiger partial charge in [-0.05, 0) is 37.6 Å². The molecule has 0 saturated heterocycles. The van der Waals surface area contributed by atoms with Crippen molar-refractivity contribution in [3.8, 4) is 0 Å². The molecule has 0 radical (unpaired) electrons. The molecule has 0 saturated carbocycles. The minimum Gasteiger partial charge on any atom is -0.343 e. The van der Waals surface area contributed by atoms with Crippen molar-refractivity contribution in [1.82, 2.24) is 10.2 Å². The quantitative estimate of drug-likeness (QED) is 0.824. The Hall–Kier alpha value is -3.15. The summed E-state index contributed by atoms with van der Waals surface area (Å²) in [5.74, 6) is -0.677. The minimum atomic E-state index is -0.328. The van der Waals surface area contributed by atoms with Crippen LogP contribution in [0.4, 0.5) is 5.69 Å². The summed E-state index contributed by atoms with van der Waals surface area (Å²) >= 11 is 0. The Bertz CT molecular complexity index is 841. The number of benzene rings is 2. The van der Waals surface area contributed by atoms with Crippen LogP contribution in [0.3, 0.4) is 0 Å². The summed E-state index contributed by atoms with van der Waals surface area (Å²) in [6.07, 6.45) is 0. The van der Waals surface area contributed by atoms with Gasteiger partial charge in [-0.2, -0.15) is 0 Å². The highest BCUT2D eigenvalue weighted by molar-refractivity contribution is 5.99. The molecule has 142 valence electrons. The smallest absolute Gasteiger partial charge is 0.251 e. The van der Waals surface area contributed by atoms with Gasteiger partial charge >= 0.3 is 0 Å². The molecular formula is C21H25N3O3. The third-order valence-electron chi connectivity index (χ3n) is 4.13. The van der Waals surface area contributed by atoms with E-state index in [1.54, 1.807) is 36.2 Å². The van der Waals surface area contributed by atoms with Crippen LogP contribution in [0.2, 0.25) is 0 Å². The van der Waals surface area contributed by atoms with Crippen LogP contribution in [-0.4, -0.2) is 36.2 Å². The van der Waals surface area contributed by atoms with Gasteiger partial charge in [0.05, 0.1) is 6.54 Å². The second kappa shape index (κ2) is 8.98. The summed E-state index contributed by atoms with van der Waals surface area (Å²) in [6, 6.07) is 12.8. The first-order valence-electron chi connectivity index (χ1n) is 8.72.